The van der Waals surface area contributed by atoms with Crippen LogP contribution in [0, 0.1) is 0 Å². The first-order valence-corrected chi connectivity index (χ1v) is 5.61. The SMILES string of the molecule is NC(=O)Nc1c[nH]c(C(=O)OCc2ccccc2)c1. The van der Waals surface area contributed by atoms with Crippen LogP contribution in [-0.4, -0.2) is 17.0 Å². The van der Waals surface area contributed by atoms with Gasteiger partial charge in [0, 0.05) is 6.20 Å². The van der Waals surface area contributed by atoms with Crippen LogP contribution in [0.2, 0.25) is 0 Å². The fourth-order valence-corrected chi connectivity index (χ4v) is 1.53. The van der Waals surface area contributed by atoms with E-state index in [0.717, 1.165) is 5.56 Å². The molecule has 0 spiro atoms. The maximum absolute atomic E-state index is 11.7. The van der Waals surface area contributed by atoms with Gasteiger partial charge < -0.3 is 20.8 Å². The molecule has 4 N–H and O–H groups in total. The predicted octanol–water partition coefficient (Wildman–Crippen LogP) is 1.86. The number of amides is 2. The molecule has 0 atom stereocenters. The van der Waals surface area contributed by atoms with Crippen molar-refractivity contribution in [3.63, 3.8) is 0 Å². The Morgan fingerprint density at radius 1 is 1.26 bits per heavy atom. The molecule has 1 aromatic heterocycles. The van der Waals surface area contributed by atoms with Crippen LogP contribution >= 0.6 is 0 Å². The molecule has 1 heterocycles. The van der Waals surface area contributed by atoms with Crippen LogP contribution in [0.4, 0.5) is 10.5 Å². The van der Waals surface area contributed by atoms with E-state index < -0.39 is 12.0 Å². The molecule has 0 aliphatic heterocycles. The van der Waals surface area contributed by atoms with Crippen molar-refractivity contribution in [3.05, 3.63) is 53.9 Å². The number of carbonyl (C=O) groups excluding carboxylic acids is 2. The summed E-state index contributed by atoms with van der Waals surface area (Å²) in [4.78, 5) is 25.1. The number of aromatic nitrogens is 1. The number of ether oxygens (including phenoxy) is 1. The number of urea groups is 1. The minimum Gasteiger partial charge on any atom is -0.456 e. The molecule has 19 heavy (non-hydrogen) atoms. The molecule has 2 amide bonds. The third-order valence-electron chi connectivity index (χ3n) is 2.38. The zero-order valence-electron chi connectivity index (χ0n) is 10.1. The van der Waals surface area contributed by atoms with E-state index in [1.165, 1.54) is 12.3 Å². The Morgan fingerprint density at radius 3 is 2.68 bits per heavy atom. The van der Waals surface area contributed by atoms with Crippen LogP contribution in [0.25, 0.3) is 0 Å². The number of rotatable bonds is 4. The van der Waals surface area contributed by atoms with Gasteiger partial charge in [0.25, 0.3) is 0 Å². The highest BCUT2D eigenvalue weighted by atomic mass is 16.5. The Balaban J connectivity index is 1.93. The van der Waals surface area contributed by atoms with Gasteiger partial charge in [0.2, 0.25) is 0 Å². The Hall–Kier alpha value is -2.76. The lowest BCUT2D eigenvalue weighted by Gasteiger charge is -2.02. The van der Waals surface area contributed by atoms with Gasteiger partial charge in [-0.2, -0.15) is 0 Å². The number of benzene rings is 1. The fourth-order valence-electron chi connectivity index (χ4n) is 1.53. The van der Waals surface area contributed by atoms with Crippen molar-refractivity contribution in [2.45, 2.75) is 6.61 Å². The van der Waals surface area contributed by atoms with E-state index in [9.17, 15) is 9.59 Å². The maximum atomic E-state index is 11.7. The molecule has 6 heteroatoms. The topological polar surface area (TPSA) is 97.2 Å². The molecule has 0 saturated carbocycles. The van der Waals surface area contributed by atoms with Gasteiger partial charge in [-0.25, -0.2) is 9.59 Å². The fraction of sp³-hybridized carbons (Fsp3) is 0.0769. The molecular formula is C13H13N3O3. The third kappa shape index (κ3) is 3.60. The zero-order chi connectivity index (χ0) is 13.7. The first-order chi connectivity index (χ1) is 9.15. The van der Waals surface area contributed by atoms with Crippen LogP contribution in [-0.2, 0) is 11.3 Å². The second-order valence-corrected chi connectivity index (χ2v) is 3.85. The molecule has 0 saturated heterocycles. The number of aromatic amines is 1. The van der Waals surface area contributed by atoms with Gasteiger partial charge in [-0.1, -0.05) is 30.3 Å². The molecular weight excluding hydrogens is 246 g/mol. The van der Waals surface area contributed by atoms with Crippen molar-refractivity contribution < 1.29 is 14.3 Å². The van der Waals surface area contributed by atoms with Crippen molar-refractivity contribution in [2.24, 2.45) is 5.73 Å². The second kappa shape index (κ2) is 5.72. The monoisotopic (exact) mass is 259 g/mol. The largest absolute Gasteiger partial charge is 0.456 e. The van der Waals surface area contributed by atoms with Gasteiger partial charge in [-0.05, 0) is 11.6 Å². The van der Waals surface area contributed by atoms with Crippen LogP contribution < -0.4 is 11.1 Å². The first kappa shape index (κ1) is 12.7. The maximum Gasteiger partial charge on any atom is 0.355 e. The molecule has 98 valence electrons. The van der Waals surface area contributed by atoms with Crippen LogP contribution in [0.5, 0.6) is 0 Å². The standard InChI is InChI=1S/C13H13N3O3/c14-13(18)16-10-6-11(15-7-10)12(17)19-8-9-4-2-1-3-5-9/h1-7,15H,8H2,(H3,14,16,18). The minimum atomic E-state index is -0.691. The number of carbonyl (C=O) groups is 2. The smallest absolute Gasteiger partial charge is 0.355 e. The van der Waals surface area contributed by atoms with Crippen molar-refractivity contribution >= 4 is 17.7 Å². The van der Waals surface area contributed by atoms with E-state index in [1.807, 2.05) is 30.3 Å². The Kier molecular flexibility index (Phi) is 3.82. The molecule has 0 aliphatic carbocycles. The average molecular weight is 259 g/mol. The molecule has 1 aromatic carbocycles. The number of nitrogens with two attached hydrogens (primary N) is 1. The summed E-state index contributed by atoms with van der Waals surface area (Å²) < 4.78 is 5.12. The van der Waals surface area contributed by atoms with Crippen molar-refractivity contribution in [1.29, 1.82) is 0 Å². The lowest BCUT2D eigenvalue weighted by molar-refractivity contribution is 0.0466. The lowest BCUT2D eigenvalue weighted by Crippen LogP contribution is -2.18. The molecule has 6 nitrogen and oxygen atoms in total. The Labute approximate surface area is 109 Å². The third-order valence-corrected chi connectivity index (χ3v) is 2.38. The summed E-state index contributed by atoms with van der Waals surface area (Å²) in [6, 6.07) is 10.1. The highest BCUT2D eigenvalue weighted by molar-refractivity contribution is 5.92. The van der Waals surface area contributed by atoms with Crippen molar-refractivity contribution in [2.75, 3.05) is 5.32 Å². The average Bonchev–Trinajstić information content (AvgIpc) is 2.85. The molecule has 0 unspecified atom stereocenters. The van der Waals surface area contributed by atoms with Gasteiger partial charge >= 0.3 is 12.0 Å². The van der Waals surface area contributed by atoms with Gasteiger partial charge in [-0.3, -0.25) is 0 Å². The van der Waals surface area contributed by atoms with Crippen molar-refractivity contribution in [1.82, 2.24) is 4.98 Å². The molecule has 0 radical (unpaired) electrons. The van der Waals surface area contributed by atoms with Crippen LogP contribution in [0.3, 0.4) is 0 Å². The van der Waals surface area contributed by atoms with E-state index in [2.05, 4.69) is 10.3 Å². The summed E-state index contributed by atoms with van der Waals surface area (Å²) in [6.45, 7) is 0.192. The normalized spacial score (nSPS) is 9.89. The summed E-state index contributed by atoms with van der Waals surface area (Å²) in [5.41, 5.74) is 6.53. The van der Waals surface area contributed by atoms with Gasteiger partial charge in [0.05, 0.1) is 5.69 Å². The van der Waals surface area contributed by atoms with Gasteiger partial charge in [-0.15, -0.1) is 0 Å². The number of primary amides is 1. The molecule has 2 rings (SSSR count). The second-order valence-electron chi connectivity index (χ2n) is 3.85. The van der Waals surface area contributed by atoms with Gasteiger partial charge in [0.15, 0.2) is 0 Å². The van der Waals surface area contributed by atoms with Crippen molar-refractivity contribution in [3.8, 4) is 0 Å². The van der Waals surface area contributed by atoms with E-state index in [-0.39, 0.29) is 12.3 Å². The first-order valence-electron chi connectivity index (χ1n) is 5.61. The summed E-state index contributed by atoms with van der Waals surface area (Å²) in [6.07, 6.45) is 1.46. The molecule has 0 fully saturated rings. The number of hydrogen-bond donors (Lipinski definition) is 3. The van der Waals surface area contributed by atoms with Crippen LogP contribution in [0.15, 0.2) is 42.6 Å². The van der Waals surface area contributed by atoms with Gasteiger partial charge in [0.1, 0.15) is 12.3 Å². The lowest BCUT2D eigenvalue weighted by atomic mass is 10.2. The van der Waals surface area contributed by atoms with Crippen LogP contribution in [0.1, 0.15) is 16.1 Å². The van der Waals surface area contributed by atoms with E-state index >= 15 is 0 Å². The molecule has 0 aliphatic rings. The Morgan fingerprint density at radius 2 is 2.00 bits per heavy atom. The molecule has 2 aromatic rings. The van der Waals surface area contributed by atoms with E-state index in [0.29, 0.717) is 5.69 Å². The minimum absolute atomic E-state index is 0.192. The van der Waals surface area contributed by atoms with E-state index in [4.69, 9.17) is 10.5 Å². The molecule has 0 bridgehead atoms. The summed E-state index contributed by atoms with van der Waals surface area (Å²) in [5.74, 6) is -0.499. The quantitative estimate of drug-likeness (QED) is 0.731. The number of H-pyrrole nitrogens is 1. The Bertz CT molecular complexity index is 578. The number of esters is 1. The number of hydrogen-bond acceptors (Lipinski definition) is 3. The number of anilines is 1. The summed E-state index contributed by atoms with van der Waals surface area (Å²) in [7, 11) is 0. The summed E-state index contributed by atoms with van der Waals surface area (Å²) >= 11 is 0. The highest BCUT2D eigenvalue weighted by Gasteiger charge is 2.10. The summed E-state index contributed by atoms with van der Waals surface area (Å²) in [5, 5.41) is 2.35. The highest BCUT2D eigenvalue weighted by Crippen LogP contribution is 2.11. The predicted molar refractivity (Wildman–Crippen MR) is 69.6 cm³/mol. The van der Waals surface area contributed by atoms with E-state index in [1.54, 1.807) is 0 Å². The zero-order valence-corrected chi connectivity index (χ0v) is 10.1. The number of nitrogens with one attached hydrogen (secondary N) is 2.